The molecule has 2 aromatic carbocycles. The highest BCUT2D eigenvalue weighted by Gasteiger charge is 2.47. The van der Waals surface area contributed by atoms with Gasteiger partial charge < -0.3 is 15.5 Å². The summed E-state index contributed by atoms with van der Waals surface area (Å²) >= 11 is 0. The Balaban J connectivity index is 1.58. The van der Waals surface area contributed by atoms with Crippen molar-refractivity contribution < 1.29 is 18.0 Å². The molecule has 0 radical (unpaired) electrons. The Bertz CT molecular complexity index is 1020. The van der Waals surface area contributed by atoms with Crippen molar-refractivity contribution in [3.05, 3.63) is 95.8 Å². The summed E-state index contributed by atoms with van der Waals surface area (Å²) in [5, 5.41) is 6.29. The highest BCUT2D eigenvalue weighted by molar-refractivity contribution is 5.80. The van der Waals surface area contributed by atoms with Crippen LogP contribution in [0.3, 0.4) is 0 Å². The molecule has 172 valence electrons. The summed E-state index contributed by atoms with van der Waals surface area (Å²) in [6, 6.07) is 20.2. The number of carbonyl (C=O) groups is 1. The van der Waals surface area contributed by atoms with Gasteiger partial charge in [-0.1, -0.05) is 60.7 Å². The van der Waals surface area contributed by atoms with Crippen LogP contribution in [0.4, 0.5) is 18.9 Å². The molecule has 1 fully saturated rings. The van der Waals surface area contributed by atoms with Gasteiger partial charge in [0.2, 0.25) is 5.91 Å². The Labute approximate surface area is 190 Å². The Hall–Kier alpha value is -3.39. The molecule has 1 saturated heterocycles. The molecule has 1 amide bonds. The van der Waals surface area contributed by atoms with Crippen molar-refractivity contribution in [2.75, 3.05) is 25.5 Å². The van der Waals surface area contributed by atoms with Crippen LogP contribution in [0.5, 0.6) is 0 Å². The first-order valence-corrected chi connectivity index (χ1v) is 10.7. The number of halogens is 3. The molecule has 0 bridgehead atoms. The summed E-state index contributed by atoms with van der Waals surface area (Å²) in [6.07, 6.45) is -3.25. The van der Waals surface area contributed by atoms with Gasteiger partial charge in [-0.3, -0.25) is 9.78 Å². The molecular formula is C25H25F3N4O. The van der Waals surface area contributed by atoms with Gasteiger partial charge in [0.15, 0.2) is 6.04 Å². The van der Waals surface area contributed by atoms with Gasteiger partial charge in [-0.2, -0.15) is 13.2 Å². The fourth-order valence-corrected chi connectivity index (χ4v) is 3.93. The molecule has 1 aliphatic heterocycles. The quantitative estimate of drug-likeness (QED) is 0.550. The van der Waals surface area contributed by atoms with E-state index in [1.807, 2.05) is 60.7 Å². The average molecular weight is 454 g/mol. The second-order valence-corrected chi connectivity index (χ2v) is 8.12. The molecule has 1 atom stereocenters. The van der Waals surface area contributed by atoms with Crippen LogP contribution in [0.1, 0.15) is 28.9 Å². The SMILES string of the molecule is CN(C(=O)C1CNC1)C(c1ccc(NC(c2ccccc2)c2ccccc2)cn1)C(F)(F)F. The maximum Gasteiger partial charge on any atom is 0.414 e. The fraction of sp³-hybridized carbons (Fsp3) is 0.280. The number of hydrogen-bond acceptors (Lipinski definition) is 4. The van der Waals surface area contributed by atoms with Gasteiger partial charge in [0.25, 0.3) is 0 Å². The molecule has 8 heteroatoms. The average Bonchev–Trinajstić information content (AvgIpc) is 2.77. The van der Waals surface area contributed by atoms with Crippen LogP contribution in [0.2, 0.25) is 0 Å². The van der Waals surface area contributed by atoms with Gasteiger partial charge in [0.1, 0.15) is 0 Å². The topological polar surface area (TPSA) is 57.3 Å². The highest BCUT2D eigenvalue weighted by Crippen LogP contribution is 2.37. The van der Waals surface area contributed by atoms with Crippen molar-refractivity contribution >= 4 is 11.6 Å². The molecular weight excluding hydrogens is 429 g/mol. The number of anilines is 1. The molecule has 2 N–H and O–H groups in total. The van der Waals surface area contributed by atoms with E-state index in [9.17, 15) is 18.0 Å². The summed E-state index contributed by atoms with van der Waals surface area (Å²) in [7, 11) is 1.19. The molecule has 1 aromatic heterocycles. The number of aromatic nitrogens is 1. The smallest absolute Gasteiger partial charge is 0.373 e. The zero-order chi connectivity index (χ0) is 23.4. The van der Waals surface area contributed by atoms with E-state index in [0.29, 0.717) is 18.8 Å². The number of amides is 1. The first-order chi connectivity index (χ1) is 15.8. The van der Waals surface area contributed by atoms with Gasteiger partial charge in [-0.25, -0.2) is 0 Å². The molecule has 3 aromatic rings. The lowest BCUT2D eigenvalue weighted by molar-refractivity contribution is -0.191. The minimum atomic E-state index is -4.64. The van der Waals surface area contributed by atoms with Crippen LogP contribution in [-0.2, 0) is 4.79 Å². The van der Waals surface area contributed by atoms with Crippen molar-refractivity contribution in [3.63, 3.8) is 0 Å². The molecule has 0 spiro atoms. The Morgan fingerprint density at radius 1 is 1.00 bits per heavy atom. The summed E-state index contributed by atoms with van der Waals surface area (Å²) in [4.78, 5) is 17.3. The minimum Gasteiger partial charge on any atom is -0.373 e. The number of benzene rings is 2. The van der Waals surface area contributed by atoms with Crippen molar-refractivity contribution in [1.29, 1.82) is 0 Å². The first-order valence-electron chi connectivity index (χ1n) is 10.7. The van der Waals surface area contributed by atoms with E-state index >= 15 is 0 Å². The molecule has 1 unspecified atom stereocenters. The van der Waals surface area contributed by atoms with E-state index in [-0.39, 0.29) is 11.7 Å². The lowest BCUT2D eigenvalue weighted by Crippen LogP contribution is -2.53. The maximum absolute atomic E-state index is 13.9. The van der Waals surface area contributed by atoms with Crippen molar-refractivity contribution in [2.45, 2.75) is 18.3 Å². The number of nitrogens with one attached hydrogen (secondary N) is 2. The summed E-state index contributed by atoms with van der Waals surface area (Å²) < 4.78 is 41.7. The minimum absolute atomic E-state index is 0.200. The van der Waals surface area contributed by atoms with Gasteiger partial charge in [-0.15, -0.1) is 0 Å². The number of nitrogens with zero attached hydrogens (tertiary/aromatic N) is 2. The van der Waals surface area contributed by atoms with Gasteiger partial charge in [0.05, 0.1) is 29.5 Å². The maximum atomic E-state index is 13.9. The Morgan fingerprint density at radius 2 is 1.58 bits per heavy atom. The van der Waals surface area contributed by atoms with Gasteiger partial charge in [-0.05, 0) is 23.3 Å². The zero-order valence-electron chi connectivity index (χ0n) is 18.1. The molecule has 5 nitrogen and oxygen atoms in total. The molecule has 0 aliphatic carbocycles. The number of carbonyl (C=O) groups excluding carboxylic acids is 1. The molecule has 4 rings (SSSR count). The second-order valence-electron chi connectivity index (χ2n) is 8.12. The van der Waals surface area contributed by atoms with E-state index in [1.54, 1.807) is 6.07 Å². The normalized spacial score (nSPS) is 15.1. The lowest BCUT2D eigenvalue weighted by atomic mass is 9.98. The predicted octanol–water partition coefficient (Wildman–Crippen LogP) is 4.56. The fourth-order valence-electron chi connectivity index (χ4n) is 3.93. The summed E-state index contributed by atoms with van der Waals surface area (Å²) in [6.45, 7) is 0.787. The zero-order valence-corrected chi connectivity index (χ0v) is 18.1. The Kier molecular flexibility index (Phi) is 6.65. The molecule has 1 aliphatic rings. The van der Waals surface area contributed by atoms with Crippen molar-refractivity contribution in [3.8, 4) is 0 Å². The summed E-state index contributed by atoms with van der Waals surface area (Å²) in [5.41, 5.74) is 2.39. The van der Waals surface area contributed by atoms with Crippen LogP contribution < -0.4 is 10.6 Å². The highest BCUT2D eigenvalue weighted by atomic mass is 19.4. The van der Waals surface area contributed by atoms with E-state index in [2.05, 4.69) is 15.6 Å². The number of pyridine rings is 1. The third-order valence-corrected chi connectivity index (χ3v) is 5.82. The summed E-state index contributed by atoms with van der Waals surface area (Å²) in [5.74, 6) is -0.966. The standard InChI is InChI=1S/C25H25F3N4O/c1-32(24(33)19-14-29-15-19)23(25(26,27)28)21-13-12-20(16-30-21)31-22(17-8-4-2-5-9-17)18-10-6-3-7-11-18/h2-13,16,19,22-23,29,31H,14-15H2,1H3. The molecule has 0 saturated carbocycles. The van der Waals surface area contributed by atoms with E-state index in [0.717, 1.165) is 16.0 Å². The number of alkyl halides is 3. The monoisotopic (exact) mass is 454 g/mol. The predicted molar refractivity (Wildman–Crippen MR) is 121 cm³/mol. The van der Waals surface area contributed by atoms with E-state index < -0.39 is 24.0 Å². The number of hydrogen-bond donors (Lipinski definition) is 2. The van der Waals surface area contributed by atoms with Gasteiger partial charge >= 0.3 is 6.18 Å². The van der Waals surface area contributed by atoms with Crippen LogP contribution >= 0.6 is 0 Å². The molecule has 2 heterocycles. The molecule has 33 heavy (non-hydrogen) atoms. The van der Waals surface area contributed by atoms with Crippen LogP contribution in [0.25, 0.3) is 0 Å². The largest absolute Gasteiger partial charge is 0.414 e. The van der Waals surface area contributed by atoms with E-state index in [1.165, 1.54) is 19.3 Å². The third-order valence-electron chi connectivity index (χ3n) is 5.82. The van der Waals surface area contributed by atoms with Gasteiger partial charge in [0, 0.05) is 20.1 Å². The Morgan fingerprint density at radius 3 is 2.00 bits per heavy atom. The van der Waals surface area contributed by atoms with Crippen molar-refractivity contribution in [1.82, 2.24) is 15.2 Å². The van der Waals surface area contributed by atoms with Crippen LogP contribution in [0, 0.1) is 5.92 Å². The van der Waals surface area contributed by atoms with Crippen LogP contribution in [-0.4, -0.2) is 42.1 Å². The van der Waals surface area contributed by atoms with Crippen LogP contribution in [0.15, 0.2) is 79.0 Å². The lowest BCUT2D eigenvalue weighted by Gasteiger charge is -2.35. The second kappa shape index (κ2) is 9.62. The number of rotatable bonds is 7. The van der Waals surface area contributed by atoms with Crippen molar-refractivity contribution in [2.24, 2.45) is 5.92 Å². The third kappa shape index (κ3) is 5.17. The van der Waals surface area contributed by atoms with E-state index in [4.69, 9.17) is 0 Å². The first kappa shape index (κ1) is 22.8.